The van der Waals surface area contributed by atoms with Crippen LogP contribution in [0.2, 0.25) is 0 Å². The summed E-state index contributed by atoms with van der Waals surface area (Å²) in [5.74, 6) is -2.30. The Morgan fingerprint density at radius 1 is 1.03 bits per heavy atom. The predicted molar refractivity (Wildman–Crippen MR) is 124 cm³/mol. The summed E-state index contributed by atoms with van der Waals surface area (Å²) >= 11 is 0. The average molecular weight is 477 g/mol. The molecule has 0 bridgehead atoms. The lowest BCUT2D eigenvalue weighted by atomic mass is 10.1. The van der Waals surface area contributed by atoms with Crippen molar-refractivity contribution in [3.05, 3.63) is 64.4 Å². The maximum atomic E-state index is 12.9. The van der Waals surface area contributed by atoms with Gasteiger partial charge in [0, 0.05) is 0 Å². The van der Waals surface area contributed by atoms with Crippen LogP contribution in [0.5, 0.6) is 0 Å². The Morgan fingerprint density at radius 2 is 1.74 bits per heavy atom. The monoisotopic (exact) mass is 477 g/mol. The predicted octanol–water partition coefficient (Wildman–Crippen LogP) is 3.02. The van der Waals surface area contributed by atoms with Crippen molar-refractivity contribution in [2.45, 2.75) is 34.3 Å². The van der Waals surface area contributed by atoms with Gasteiger partial charge in [-0.3, -0.25) is 4.79 Å². The maximum absolute atomic E-state index is 12.9. The van der Waals surface area contributed by atoms with Gasteiger partial charge in [-0.05, 0) is 39.8 Å². The lowest BCUT2D eigenvalue weighted by molar-refractivity contribution is -0.139. The number of para-hydroxylation sites is 1. The highest BCUT2D eigenvalue weighted by Crippen LogP contribution is 2.29. The zero-order chi connectivity index (χ0) is 25.3. The van der Waals surface area contributed by atoms with E-state index in [0.717, 1.165) is 5.69 Å². The highest BCUT2D eigenvalue weighted by Gasteiger charge is 2.28. The second kappa shape index (κ2) is 9.37. The number of hydrogen-bond donors (Lipinski definition) is 1. The Hall–Kier alpha value is -4.54. The molecule has 0 radical (unpaired) electrons. The lowest BCUT2D eigenvalue weighted by Crippen LogP contribution is -2.20. The van der Waals surface area contributed by atoms with Gasteiger partial charge in [-0.25, -0.2) is 19.3 Å². The number of nitrogens with zero attached hydrogens (tertiary/aromatic N) is 4. The number of carbonyl (C=O) groups excluding carboxylic acids is 3. The number of aromatic nitrogens is 4. The molecular weight excluding hydrogens is 454 g/mol. The molecule has 0 fully saturated rings. The zero-order valence-electron chi connectivity index (χ0n) is 19.6. The van der Waals surface area contributed by atoms with E-state index in [0.29, 0.717) is 11.4 Å². The molecule has 0 aliphatic rings. The van der Waals surface area contributed by atoms with E-state index < -0.39 is 24.3 Å². The number of nitrogens with two attached hydrogens (primary N) is 1. The molecular formula is C24H23N5O6. The highest BCUT2D eigenvalue weighted by molar-refractivity contribution is 6.41. The molecule has 35 heavy (non-hydrogen) atoms. The van der Waals surface area contributed by atoms with Crippen molar-refractivity contribution in [2.75, 3.05) is 12.3 Å². The first-order chi connectivity index (χ1) is 16.7. The largest absolute Gasteiger partial charge is 0.462 e. The van der Waals surface area contributed by atoms with E-state index in [2.05, 4.69) is 15.1 Å². The van der Waals surface area contributed by atoms with Gasteiger partial charge >= 0.3 is 11.9 Å². The molecule has 0 saturated heterocycles. The molecule has 1 aromatic carbocycles. The van der Waals surface area contributed by atoms with Gasteiger partial charge in [-0.1, -0.05) is 18.2 Å². The van der Waals surface area contributed by atoms with E-state index in [4.69, 9.17) is 19.6 Å². The molecule has 2 N–H and O–H groups in total. The Bertz CT molecular complexity index is 1450. The van der Waals surface area contributed by atoms with E-state index in [1.807, 2.05) is 30.3 Å². The van der Waals surface area contributed by atoms with Crippen LogP contribution in [0.4, 0.5) is 5.82 Å². The van der Waals surface area contributed by atoms with E-state index in [-0.39, 0.29) is 46.2 Å². The van der Waals surface area contributed by atoms with E-state index in [1.165, 1.54) is 0 Å². The molecule has 0 amide bonds. The quantitative estimate of drug-likeness (QED) is 0.239. The number of esters is 2. The standard InChI is InChI=1S/C24H23N5O6/c1-5-33-23(31)18-14(4)35-22-19(18)21(25)26-16(27-22)11-34-24(32)20(30)17-12(2)28-29(13(17)3)15-9-7-6-8-10-15/h6-10H,5,11H2,1-4H3,(H2,25,26,27). The fraction of sp³-hybridized carbons (Fsp3) is 0.250. The van der Waals surface area contributed by atoms with Gasteiger partial charge in [0.2, 0.25) is 5.71 Å². The number of nitrogen functional groups attached to an aromatic ring is 1. The number of rotatable bonds is 7. The topological polar surface area (TPSA) is 152 Å². The summed E-state index contributed by atoms with van der Waals surface area (Å²) in [6.45, 7) is 6.35. The Morgan fingerprint density at radius 3 is 2.43 bits per heavy atom. The van der Waals surface area contributed by atoms with Gasteiger partial charge in [0.05, 0.1) is 34.6 Å². The van der Waals surface area contributed by atoms with Crippen LogP contribution in [-0.2, 0) is 20.9 Å². The molecule has 4 aromatic rings. The van der Waals surface area contributed by atoms with Crippen LogP contribution < -0.4 is 5.73 Å². The number of carbonyl (C=O) groups is 3. The zero-order valence-corrected chi connectivity index (χ0v) is 19.6. The van der Waals surface area contributed by atoms with Crippen molar-refractivity contribution in [1.82, 2.24) is 19.7 Å². The first-order valence-corrected chi connectivity index (χ1v) is 10.8. The van der Waals surface area contributed by atoms with Crippen LogP contribution in [0.1, 0.15) is 50.6 Å². The van der Waals surface area contributed by atoms with Crippen LogP contribution >= 0.6 is 0 Å². The van der Waals surface area contributed by atoms with Crippen LogP contribution in [0.3, 0.4) is 0 Å². The first-order valence-electron chi connectivity index (χ1n) is 10.8. The van der Waals surface area contributed by atoms with Gasteiger partial charge in [-0.2, -0.15) is 10.1 Å². The summed E-state index contributed by atoms with van der Waals surface area (Å²) in [5.41, 5.74) is 8.03. The molecule has 0 atom stereocenters. The molecule has 3 aromatic heterocycles. The van der Waals surface area contributed by atoms with Crippen LogP contribution in [0.15, 0.2) is 34.7 Å². The third-order valence-corrected chi connectivity index (χ3v) is 5.32. The summed E-state index contributed by atoms with van der Waals surface area (Å²) in [4.78, 5) is 45.9. The molecule has 3 heterocycles. The van der Waals surface area contributed by atoms with Crippen molar-refractivity contribution < 1.29 is 28.3 Å². The molecule has 11 nitrogen and oxygen atoms in total. The second-order valence-corrected chi connectivity index (χ2v) is 7.66. The minimum atomic E-state index is -1.09. The lowest BCUT2D eigenvalue weighted by Gasteiger charge is -2.06. The third-order valence-electron chi connectivity index (χ3n) is 5.32. The van der Waals surface area contributed by atoms with E-state index in [9.17, 15) is 14.4 Å². The van der Waals surface area contributed by atoms with Crippen molar-refractivity contribution in [3.63, 3.8) is 0 Å². The van der Waals surface area contributed by atoms with Crippen LogP contribution in [0, 0.1) is 20.8 Å². The minimum absolute atomic E-state index is 0.00809. The summed E-state index contributed by atoms with van der Waals surface area (Å²) in [6.07, 6.45) is 0. The van der Waals surface area contributed by atoms with Crippen LogP contribution in [0.25, 0.3) is 16.8 Å². The van der Waals surface area contributed by atoms with Crippen molar-refractivity contribution in [2.24, 2.45) is 0 Å². The van der Waals surface area contributed by atoms with Crippen molar-refractivity contribution in [3.8, 4) is 5.69 Å². The molecule has 0 aliphatic heterocycles. The Kier molecular flexibility index (Phi) is 6.32. The molecule has 180 valence electrons. The smallest absolute Gasteiger partial charge is 0.380 e. The van der Waals surface area contributed by atoms with Gasteiger partial charge in [-0.15, -0.1) is 0 Å². The number of fused-ring (bicyclic) bond motifs is 1. The average Bonchev–Trinajstić information content (AvgIpc) is 3.33. The third kappa shape index (κ3) is 4.35. The summed E-state index contributed by atoms with van der Waals surface area (Å²) in [6, 6.07) is 9.24. The SMILES string of the molecule is CCOC(=O)c1c(C)oc2nc(COC(=O)C(=O)c3c(C)nn(-c4ccccc4)c3C)nc(N)c12. The highest BCUT2D eigenvalue weighted by atomic mass is 16.5. The number of aryl methyl sites for hydroxylation is 2. The Labute approximate surface area is 199 Å². The number of Topliss-reactive ketones (excluding diaryl/α,β-unsaturated/α-hetero) is 1. The minimum Gasteiger partial charge on any atom is -0.462 e. The number of anilines is 1. The van der Waals surface area contributed by atoms with Gasteiger partial charge in [0.1, 0.15) is 17.1 Å². The number of hydrogen-bond acceptors (Lipinski definition) is 10. The van der Waals surface area contributed by atoms with Gasteiger partial charge in [0.25, 0.3) is 5.78 Å². The maximum Gasteiger partial charge on any atom is 0.380 e. The fourth-order valence-electron chi connectivity index (χ4n) is 3.79. The van der Waals surface area contributed by atoms with Crippen molar-refractivity contribution >= 4 is 34.6 Å². The summed E-state index contributed by atoms with van der Waals surface area (Å²) in [5, 5.41) is 4.60. The van der Waals surface area contributed by atoms with Gasteiger partial charge in [0.15, 0.2) is 12.4 Å². The van der Waals surface area contributed by atoms with Crippen LogP contribution in [-0.4, -0.2) is 44.1 Å². The number of furan rings is 1. The Balaban J connectivity index is 1.54. The molecule has 0 saturated carbocycles. The number of ketones is 1. The molecule has 0 aliphatic carbocycles. The summed E-state index contributed by atoms with van der Waals surface area (Å²) < 4.78 is 17.3. The first kappa shape index (κ1) is 23.6. The van der Waals surface area contributed by atoms with Crippen molar-refractivity contribution in [1.29, 1.82) is 0 Å². The van der Waals surface area contributed by atoms with Gasteiger partial charge < -0.3 is 19.6 Å². The fourth-order valence-corrected chi connectivity index (χ4v) is 3.79. The molecule has 11 heteroatoms. The number of ether oxygens (including phenoxy) is 2. The normalized spacial score (nSPS) is 11.0. The van der Waals surface area contributed by atoms with E-state index >= 15 is 0 Å². The van der Waals surface area contributed by atoms with E-state index in [1.54, 1.807) is 32.4 Å². The second-order valence-electron chi connectivity index (χ2n) is 7.66. The molecule has 4 rings (SSSR count). The molecule has 0 spiro atoms. The number of benzene rings is 1. The molecule has 0 unspecified atom stereocenters. The summed E-state index contributed by atoms with van der Waals surface area (Å²) in [7, 11) is 0.